The molecule has 7 nitrogen and oxygen atoms in total. The fourth-order valence-electron chi connectivity index (χ4n) is 3.84. The number of benzene rings is 1. The number of aliphatic imine (C=N–C) groups is 1. The van der Waals surface area contributed by atoms with Gasteiger partial charge in [0.25, 0.3) is 0 Å². The van der Waals surface area contributed by atoms with Crippen molar-refractivity contribution in [3.8, 4) is 0 Å². The minimum Gasteiger partial charge on any atom is -0.381 e. The molecule has 1 unspecified atom stereocenters. The monoisotopic (exact) mass is 431 g/mol. The Balaban J connectivity index is 2.12. The lowest BCUT2D eigenvalue weighted by Gasteiger charge is -2.39. The largest absolute Gasteiger partial charge is 0.381 e. The summed E-state index contributed by atoms with van der Waals surface area (Å²) in [6.45, 7) is 13.3. The molecule has 0 bridgehead atoms. The smallest absolute Gasteiger partial charge is 0.240 e. The predicted octanol–water partition coefficient (Wildman–Crippen LogP) is 2.70. The van der Waals surface area contributed by atoms with E-state index in [-0.39, 0.29) is 29.6 Å². The second-order valence-electron chi connectivity index (χ2n) is 9.49. The van der Waals surface area contributed by atoms with Gasteiger partial charge in [0.15, 0.2) is 5.96 Å². The predicted molar refractivity (Wildman–Crippen MR) is 127 cm³/mol. The summed E-state index contributed by atoms with van der Waals surface area (Å²) >= 11 is 0. The van der Waals surface area contributed by atoms with Crippen molar-refractivity contribution in [3.05, 3.63) is 35.9 Å². The van der Waals surface area contributed by atoms with Crippen LogP contribution < -0.4 is 16.0 Å². The first-order valence-electron chi connectivity index (χ1n) is 11.3. The minimum atomic E-state index is -0.253. The molecule has 0 aromatic heterocycles. The number of hydrogen-bond donors (Lipinski definition) is 3. The van der Waals surface area contributed by atoms with Crippen molar-refractivity contribution in [2.75, 3.05) is 39.9 Å². The molecule has 7 heteroatoms. The van der Waals surface area contributed by atoms with Gasteiger partial charge in [0.2, 0.25) is 5.91 Å². The van der Waals surface area contributed by atoms with Crippen LogP contribution in [-0.2, 0) is 9.53 Å². The van der Waals surface area contributed by atoms with Gasteiger partial charge >= 0.3 is 0 Å². The highest BCUT2D eigenvalue weighted by Gasteiger charge is 2.34. The van der Waals surface area contributed by atoms with Gasteiger partial charge in [0.1, 0.15) is 0 Å². The molecule has 1 fully saturated rings. The molecule has 31 heavy (non-hydrogen) atoms. The van der Waals surface area contributed by atoms with E-state index in [9.17, 15) is 4.79 Å². The maximum absolute atomic E-state index is 12.4. The van der Waals surface area contributed by atoms with Crippen molar-refractivity contribution in [1.82, 2.24) is 20.9 Å². The Kier molecular flexibility index (Phi) is 9.32. The van der Waals surface area contributed by atoms with Crippen molar-refractivity contribution < 1.29 is 9.53 Å². The van der Waals surface area contributed by atoms with Crippen molar-refractivity contribution >= 4 is 11.9 Å². The molecule has 2 rings (SSSR count). The number of ether oxygens (including phenoxy) is 1. The van der Waals surface area contributed by atoms with Crippen molar-refractivity contribution in [2.24, 2.45) is 4.99 Å². The lowest BCUT2D eigenvalue weighted by molar-refractivity contribution is -0.122. The number of likely N-dealkylation sites (N-methyl/N-ethyl adjacent to an activating group) is 1. The van der Waals surface area contributed by atoms with Crippen LogP contribution in [0.2, 0.25) is 0 Å². The zero-order valence-corrected chi connectivity index (χ0v) is 20.1. The lowest BCUT2D eigenvalue weighted by Crippen LogP contribution is -2.54. The molecule has 1 aromatic carbocycles. The van der Waals surface area contributed by atoms with E-state index in [1.165, 1.54) is 5.56 Å². The molecule has 1 aliphatic heterocycles. The first-order chi connectivity index (χ1) is 14.6. The normalized spacial score (nSPS) is 17.7. The van der Waals surface area contributed by atoms with Gasteiger partial charge in [-0.05, 0) is 53.0 Å². The van der Waals surface area contributed by atoms with Gasteiger partial charge in [0.05, 0.1) is 13.1 Å². The van der Waals surface area contributed by atoms with E-state index < -0.39 is 0 Å². The Morgan fingerprint density at radius 3 is 2.45 bits per heavy atom. The number of nitrogens with one attached hydrogen (secondary N) is 3. The summed E-state index contributed by atoms with van der Waals surface area (Å²) in [5.41, 5.74) is 0.875. The number of rotatable bonds is 8. The number of carbonyl (C=O) groups excluding carboxylic acids is 1. The van der Waals surface area contributed by atoms with Crippen LogP contribution in [0.15, 0.2) is 35.3 Å². The van der Waals surface area contributed by atoms with Crippen LogP contribution in [0.3, 0.4) is 0 Å². The van der Waals surface area contributed by atoms with Crippen molar-refractivity contribution in [2.45, 2.75) is 64.6 Å². The van der Waals surface area contributed by atoms with E-state index in [0.29, 0.717) is 6.54 Å². The molecule has 1 amide bonds. The third-order valence-corrected chi connectivity index (χ3v) is 5.40. The molecule has 0 saturated carbocycles. The lowest BCUT2D eigenvalue weighted by atomic mass is 9.88. The summed E-state index contributed by atoms with van der Waals surface area (Å²) in [5, 5.41) is 10.2. The van der Waals surface area contributed by atoms with Crippen molar-refractivity contribution in [1.29, 1.82) is 0 Å². The highest BCUT2D eigenvalue weighted by Crippen LogP contribution is 2.26. The fourth-order valence-corrected chi connectivity index (χ4v) is 3.84. The third kappa shape index (κ3) is 8.50. The summed E-state index contributed by atoms with van der Waals surface area (Å²) in [4.78, 5) is 19.2. The van der Waals surface area contributed by atoms with Crippen LogP contribution >= 0.6 is 0 Å². The van der Waals surface area contributed by atoms with Crippen LogP contribution in [-0.4, -0.2) is 67.7 Å². The Hall–Kier alpha value is -2.12. The molecule has 174 valence electrons. The second kappa shape index (κ2) is 11.5. The second-order valence-corrected chi connectivity index (χ2v) is 9.49. The van der Waals surface area contributed by atoms with Crippen LogP contribution in [0.25, 0.3) is 0 Å². The average Bonchev–Trinajstić information content (AvgIpc) is 2.71. The van der Waals surface area contributed by atoms with E-state index >= 15 is 0 Å². The third-order valence-electron chi connectivity index (χ3n) is 5.40. The minimum absolute atomic E-state index is 0.0165. The maximum atomic E-state index is 12.4. The molecule has 1 saturated heterocycles. The molecule has 1 heterocycles. The van der Waals surface area contributed by atoms with Crippen LogP contribution in [0.4, 0.5) is 0 Å². The Morgan fingerprint density at radius 2 is 1.87 bits per heavy atom. The van der Waals surface area contributed by atoms with Gasteiger partial charge in [0, 0.05) is 43.9 Å². The van der Waals surface area contributed by atoms with E-state index in [1.807, 2.05) is 45.7 Å². The molecule has 1 aliphatic rings. The van der Waals surface area contributed by atoms with E-state index in [4.69, 9.17) is 9.73 Å². The van der Waals surface area contributed by atoms with E-state index in [0.717, 1.165) is 38.6 Å². The number of carbonyl (C=O) groups is 1. The number of nitrogens with zero attached hydrogens (tertiary/aromatic N) is 2. The van der Waals surface area contributed by atoms with Crippen LogP contribution in [0.5, 0.6) is 0 Å². The topological polar surface area (TPSA) is 78.0 Å². The number of guanidine groups is 1. The number of hydrogen-bond acceptors (Lipinski definition) is 4. The average molecular weight is 432 g/mol. The zero-order chi connectivity index (χ0) is 22.9. The molecule has 3 N–H and O–H groups in total. The van der Waals surface area contributed by atoms with Gasteiger partial charge in [-0.3, -0.25) is 9.79 Å². The van der Waals surface area contributed by atoms with E-state index in [2.05, 4.69) is 47.1 Å². The maximum Gasteiger partial charge on any atom is 0.240 e. The van der Waals surface area contributed by atoms with Gasteiger partial charge in [-0.2, -0.15) is 0 Å². The highest BCUT2D eigenvalue weighted by atomic mass is 16.5. The summed E-state index contributed by atoms with van der Waals surface area (Å²) in [6, 6.07) is 10.7. The molecular formula is C24H41N5O2. The molecule has 0 aliphatic carbocycles. The molecule has 1 atom stereocenters. The first kappa shape index (κ1) is 25.1. The molecule has 0 spiro atoms. The summed E-state index contributed by atoms with van der Waals surface area (Å²) in [7, 11) is 1.90. The SMILES string of the molecule is CCNC(=NCC1(NC(C)c2ccccc2)CCOCC1)N(C)CC(=O)NC(C)(C)C. The van der Waals surface area contributed by atoms with Gasteiger partial charge in [-0.15, -0.1) is 0 Å². The van der Waals surface area contributed by atoms with Gasteiger partial charge in [-0.1, -0.05) is 30.3 Å². The summed E-state index contributed by atoms with van der Waals surface area (Å²) in [6.07, 6.45) is 1.81. The summed E-state index contributed by atoms with van der Waals surface area (Å²) in [5.74, 6) is 0.726. The Labute approximate surface area is 188 Å². The highest BCUT2D eigenvalue weighted by molar-refractivity contribution is 5.86. The summed E-state index contributed by atoms with van der Waals surface area (Å²) < 4.78 is 5.65. The molecular weight excluding hydrogens is 390 g/mol. The van der Waals surface area contributed by atoms with Crippen molar-refractivity contribution in [3.63, 3.8) is 0 Å². The fraction of sp³-hybridized carbons (Fsp3) is 0.667. The Morgan fingerprint density at radius 1 is 1.23 bits per heavy atom. The van der Waals surface area contributed by atoms with Gasteiger partial charge < -0.3 is 25.6 Å². The van der Waals surface area contributed by atoms with Crippen LogP contribution in [0.1, 0.15) is 59.1 Å². The molecule has 1 aromatic rings. The van der Waals surface area contributed by atoms with Gasteiger partial charge in [-0.25, -0.2) is 0 Å². The Bertz CT molecular complexity index is 708. The van der Waals surface area contributed by atoms with Crippen LogP contribution in [0, 0.1) is 0 Å². The quantitative estimate of drug-likeness (QED) is 0.436. The first-order valence-corrected chi connectivity index (χ1v) is 11.3. The standard InChI is InChI=1S/C24H41N5O2/c1-7-25-22(29(6)17-21(30)28-23(3,4)5)26-18-24(13-15-31-16-14-24)27-19(2)20-11-9-8-10-12-20/h8-12,19,27H,7,13-18H2,1-6H3,(H,25,26)(H,28,30). The molecule has 0 radical (unpaired) electrons. The van der Waals surface area contributed by atoms with E-state index in [1.54, 1.807) is 0 Å². The zero-order valence-electron chi connectivity index (χ0n) is 20.1. The number of amides is 1.